The monoisotopic (exact) mass is 304 g/mol. The Morgan fingerprint density at radius 1 is 1.52 bits per heavy atom. The van der Waals surface area contributed by atoms with Crippen LogP contribution in [0.1, 0.15) is 23.0 Å². The van der Waals surface area contributed by atoms with Crippen molar-refractivity contribution in [2.45, 2.75) is 13.8 Å². The molecule has 0 aliphatic carbocycles. The Hall–Kier alpha value is -1.95. The first-order chi connectivity index (χ1) is 10.2. The molecule has 0 spiro atoms. The molecule has 1 amide bonds. The van der Waals surface area contributed by atoms with Crippen LogP contribution in [0.5, 0.6) is 5.75 Å². The Morgan fingerprint density at radius 2 is 2.38 bits per heavy atom. The molecule has 0 fully saturated rings. The zero-order chi connectivity index (χ0) is 14.8. The molecule has 0 saturated carbocycles. The highest BCUT2D eigenvalue weighted by Crippen LogP contribution is 2.29. The number of hydrogen-bond acceptors (Lipinski definition) is 5. The maximum absolute atomic E-state index is 12.3. The van der Waals surface area contributed by atoms with Gasteiger partial charge in [0, 0.05) is 16.7 Å². The second kappa shape index (κ2) is 5.81. The summed E-state index contributed by atoms with van der Waals surface area (Å²) in [6.07, 6.45) is 0. The molecule has 6 heteroatoms. The normalized spacial score (nSPS) is 14.3. The Labute approximate surface area is 126 Å². The van der Waals surface area contributed by atoms with Gasteiger partial charge >= 0.3 is 0 Å². The number of aryl methyl sites for hydroxylation is 1. The van der Waals surface area contributed by atoms with Crippen molar-refractivity contribution in [3.8, 4) is 5.75 Å². The Balaban J connectivity index is 1.91. The van der Waals surface area contributed by atoms with Crippen LogP contribution in [0.3, 0.4) is 0 Å². The quantitative estimate of drug-likeness (QED) is 0.947. The highest BCUT2D eigenvalue weighted by atomic mass is 32.2. The summed E-state index contributed by atoms with van der Waals surface area (Å²) in [6, 6.07) is 5.57. The van der Waals surface area contributed by atoms with E-state index >= 15 is 0 Å². The van der Waals surface area contributed by atoms with Crippen LogP contribution < -0.4 is 10.1 Å². The van der Waals surface area contributed by atoms with Crippen molar-refractivity contribution in [1.82, 2.24) is 5.32 Å². The van der Waals surface area contributed by atoms with Crippen molar-refractivity contribution in [2.24, 2.45) is 4.99 Å². The topological polar surface area (TPSA) is 63.8 Å². The molecule has 0 radical (unpaired) electrons. The maximum atomic E-state index is 12.3. The lowest BCUT2D eigenvalue weighted by molar-refractivity contribution is 0.0952. The number of furan rings is 1. The van der Waals surface area contributed by atoms with Crippen LogP contribution in [-0.4, -0.2) is 30.0 Å². The molecular formula is C15H16N2O3S. The minimum absolute atomic E-state index is 0.255. The van der Waals surface area contributed by atoms with Gasteiger partial charge in [-0.2, -0.15) is 0 Å². The van der Waals surface area contributed by atoms with Crippen LogP contribution in [0.15, 0.2) is 27.6 Å². The number of aliphatic imine (C=N–C) groups is 1. The number of nitrogens with one attached hydrogen (secondary N) is 1. The van der Waals surface area contributed by atoms with Crippen molar-refractivity contribution in [3.05, 3.63) is 29.5 Å². The minimum Gasteiger partial charge on any atom is -0.494 e. The van der Waals surface area contributed by atoms with E-state index in [-0.39, 0.29) is 5.91 Å². The average Bonchev–Trinajstić information content (AvgIpc) is 3.08. The molecule has 0 saturated heterocycles. The van der Waals surface area contributed by atoms with Gasteiger partial charge in [-0.15, -0.1) is 0 Å². The van der Waals surface area contributed by atoms with Crippen molar-refractivity contribution >= 4 is 33.8 Å². The molecule has 0 bridgehead atoms. The van der Waals surface area contributed by atoms with Crippen LogP contribution in [0.4, 0.5) is 0 Å². The van der Waals surface area contributed by atoms with E-state index in [1.807, 2.05) is 32.0 Å². The van der Waals surface area contributed by atoms with Crippen molar-refractivity contribution in [3.63, 3.8) is 0 Å². The van der Waals surface area contributed by atoms with Crippen LogP contribution in [0, 0.1) is 6.92 Å². The van der Waals surface area contributed by atoms with Crippen LogP contribution in [-0.2, 0) is 0 Å². The summed E-state index contributed by atoms with van der Waals surface area (Å²) in [7, 11) is 0. The van der Waals surface area contributed by atoms with E-state index in [1.54, 1.807) is 11.8 Å². The number of benzene rings is 1. The van der Waals surface area contributed by atoms with Gasteiger partial charge < -0.3 is 9.15 Å². The number of amidine groups is 1. The second-order valence-corrected chi connectivity index (χ2v) is 5.72. The average molecular weight is 304 g/mol. The number of rotatable bonds is 3. The summed E-state index contributed by atoms with van der Waals surface area (Å²) in [4.78, 5) is 16.5. The van der Waals surface area contributed by atoms with E-state index in [0.29, 0.717) is 23.1 Å². The van der Waals surface area contributed by atoms with E-state index in [4.69, 9.17) is 9.15 Å². The number of nitrogens with zero attached hydrogens (tertiary/aromatic N) is 1. The van der Waals surface area contributed by atoms with E-state index in [9.17, 15) is 4.79 Å². The van der Waals surface area contributed by atoms with Crippen molar-refractivity contribution in [2.75, 3.05) is 18.9 Å². The van der Waals surface area contributed by atoms with Gasteiger partial charge in [-0.25, -0.2) is 0 Å². The first-order valence-electron chi connectivity index (χ1n) is 6.83. The lowest BCUT2D eigenvalue weighted by Gasteiger charge is -2.02. The van der Waals surface area contributed by atoms with Gasteiger partial charge in [0.1, 0.15) is 11.3 Å². The predicted molar refractivity (Wildman–Crippen MR) is 84.3 cm³/mol. The summed E-state index contributed by atoms with van der Waals surface area (Å²) >= 11 is 1.54. The van der Waals surface area contributed by atoms with Crippen molar-refractivity contribution in [1.29, 1.82) is 0 Å². The van der Waals surface area contributed by atoms with Crippen LogP contribution in [0.25, 0.3) is 11.0 Å². The summed E-state index contributed by atoms with van der Waals surface area (Å²) < 4.78 is 11.2. The highest BCUT2D eigenvalue weighted by Gasteiger charge is 2.20. The van der Waals surface area contributed by atoms with Gasteiger partial charge in [0.25, 0.3) is 5.91 Å². The van der Waals surface area contributed by atoms with Gasteiger partial charge in [-0.05, 0) is 32.0 Å². The number of hydrogen-bond donors (Lipinski definition) is 1. The third-order valence-electron chi connectivity index (χ3n) is 3.23. The Bertz CT molecular complexity index is 721. The first-order valence-corrected chi connectivity index (χ1v) is 7.82. The Morgan fingerprint density at radius 3 is 3.10 bits per heavy atom. The third-order valence-corrected chi connectivity index (χ3v) is 4.12. The molecule has 2 heterocycles. The van der Waals surface area contributed by atoms with Gasteiger partial charge in [-0.3, -0.25) is 15.1 Å². The first kappa shape index (κ1) is 14.0. The largest absolute Gasteiger partial charge is 0.494 e. The van der Waals surface area contributed by atoms with Gasteiger partial charge in [-0.1, -0.05) is 11.8 Å². The van der Waals surface area contributed by atoms with Gasteiger partial charge in [0.05, 0.1) is 13.2 Å². The van der Waals surface area contributed by atoms with Gasteiger partial charge in [0.15, 0.2) is 10.9 Å². The SMILES string of the molecule is CCOc1ccc2oc(C(=O)NC3=NCCS3)c(C)c2c1. The van der Waals surface area contributed by atoms with E-state index in [2.05, 4.69) is 10.3 Å². The fourth-order valence-electron chi connectivity index (χ4n) is 2.24. The molecule has 0 unspecified atom stereocenters. The fraction of sp³-hybridized carbons (Fsp3) is 0.333. The fourth-order valence-corrected chi connectivity index (χ4v) is 2.96. The zero-order valence-electron chi connectivity index (χ0n) is 11.9. The zero-order valence-corrected chi connectivity index (χ0v) is 12.8. The molecule has 2 aromatic rings. The highest BCUT2D eigenvalue weighted by molar-refractivity contribution is 8.14. The number of amides is 1. The molecule has 1 aromatic carbocycles. The number of fused-ring (bicyclic) bond motifs is 1. The number of thioether (sulfide) groups is 1. The molecule has 5 nitrogen and oxygen atoms in total. The van der Waals surface area contributed by atoms with E-state index in [1.165, 1.54) is 0 Å². The van der Waals surface area contributed by atoms with Crippen molar-refractivity contribution < 1.29 is 13.9 Å². The third kappa shape index (κ3) is 2.76. The number of ether oxygens (including phenoxy) is 1. The molecule has 1 N–H and O–H groups in total. The Kier molecular flexibility index (Phi) is 3.88. The van der Waals surface area contributed by atoms with Crippen LogP contribution in [0.2, 0.25) is 0 Å². The second-order valence-electron chi connectivity index (χ2n) is 4.64. The van der Waals surface area contributed by atoms with E-state index < -0.39 is 0 Å². The molecule has 110 valence electrons. The molecule has 1 aliphatic rings. The summed E-state index contributed by atoms with van der Waals surface area (Å²) in [5, 5.41) is 4.34. The standard InChI is InChI=1S/C15H16N2O3S/c1-3-19-10-4-5-12-11(8-10)9(2)13(20-12)14(18)17-15-16-6-7-21-15/h4-5,8H,3,6-7H2,1-2H3,(H,16,17,18). The van der Waals surface area contributed by atoms with E-state index in [0.717, 1.165) is 29.0 Å². The molecular weight excluding hydrogens is 288 g/mol. The molecule has 1 aliphatic heterocycles. The summed E-state index contributed by atoms with van der Waals surface area (Å²) in [5.74, 6) is 1.76. The van der Waals surface area contributed by atoms with Gasteiger partial charge in [0.2, 0.25) is 0 Å². The lowest BCUT2D eigenvalue weighted by Crippen LogP contribution is -2.27. The molecule has 0 atom stereocenters. The predicted octanol–water partition coefficient (Wildman–Crippen LogP) is 2.97. The molecule has 3 rings (SSSR count). The molecule has 21 heavy (non-hydrogen) atoms. The number of carbonyl (C=O) groups is 1. The molecule has 1 aromatic heterocycles. The lowest BCUT2D eigenvalue weighted by atomic mass is 10.1. The summed E-state index contributed by atoms with van der Waals surface area (Å²) in [6.45, 7) is 5.16. The smallest absolute Gasteiger partial charge is 0.293 e. The minimum atomic E-state index is -0.255. The van der Waals surface area contributed by atoms with Crippen LogP contribution >= 0.6 is 11.8 Å². The maximum Gasteiger partial charge on any atom is 0.293 e. The number of carbonyl (C=O) groups excluding carboxylic acids is 1. The summed E-state index contributed by atoms with van der Waals surface area (Å²) in [5.41, 5.74) is 1.50.